The lowest BCUT2D eigenvalue weighted by Crippen LogP contribution is -2.44. The first-order valence-electron chi connectivity index (χ1n) is 8.58. The van der Waals surface area contributed by atoms with Gasteiger partial charge in [-0.1, -0.05) is 30.3 Å². The van der Waals surface area contributed by atoms with Crippen LogP contribution in [0.3, 0.4) is 0 Å². The molecule has 2 unspecified atom stereocenters. The van der Waals surface area contributed by atoms with E-state index in [0.717, 1.165) is 12.7 Å². The molecule has 0 saturated heterocycles. The molecule has 1 amide bonds. The average Bonchev–Trinajstić information content (AvgIpc) is 2.72. The number of nitrogens with zero attached hydrogens (tertiary/aromatic N) is 1. The van der Waals surface area contributed by atoms with Crippen LogP contribution in [0.4, 0.5) is 10.5 Å². The summed E-state index contributed by atoms with van der Waals surface area (Å²) in [5.41, 5.74) is 0.719. The van der Waals surface area contributed by atoms with Crippen LogP contribution in [-0.4, -0.2) is 44.7 Å². The first-order valence-corrected chi connectivity index (χ1v) is 9.79. The first-order chi connectivity index (χ1) is 13.8. The highest BCUT2D eigenvalue weighted by atomic mass is 32.2. The van der Waals surface area contributed by atoms with Gasteiger partial charge in [-0.25, -0.2) is 9.59 Å². The molecule has 2 rings (SSSR count). The third-order valence-corrected chi connectivity index (χ3v) is 5.87. The predicted molar refractivity (Wildman–Crippen MR) is 105 cm³/mol. The molecule has 0 aliphatic heterocycles. The summed E-state index contributed by atoms with van der Waals surface area (Å²) in [5.74, 6) is -0.786. The number of hydrogen-bond acceptors (Lipinski definition) is 6. The van der Waals surface area contributed by atoms with Crippen molar-refractivity contribution in [2.45, 2.75) is 29.0 Å². The lowest BCUT2D eigenvalue weighted by atomic mass is 10.0. The number of carbonyl (C=O) groups is 2. The van der Waals surface area contributed by atoms with Crippen molar-refractivity contribution < 1.29 is 28.6 Å². The van der Waals surface area contributed by atoms with Gasteiger partial charge in [-0.2, -0.15) is 0 Å². The fourth-order valence-corrected chi connectivity index (χ4v) is 4.29. The van der Waals surface area contributed by atoms with Crippen molar-refractivity contribution in [1.82, 2.24) is 5.32 Å². The van der Waals surface area contributed by atoms with E-state index in [2.05, 4.69) is 10.1 Å². The van der Waals surface area contributed by atoms with Crippen molar-refractivity contribution in [3.05, 3.63) is 70.3 Å². The summed E-state index contributed by atoms with van der Waals surface area (Å²) >= 11 is 0. The Balaban J connectivity index is 2.32. The minimum atomic E-state index is -1.66. The number of carbonyl (C=O) groups excluding carboxylic acids is 1. The summed E-state index contributed by atoms with van der Waals surface area (Å²) in [6.07, 6.45) is -1.17. The van der Waals surface area contributed by atoms with E-state index in [0.29, 0.717) is 11.3 Å². The Hall–Kier alpha value is -3.27. The van der Waals surface area contributed by atoms with Crippen LogP contribution in [0.5, 0.6) is 0 Å². The number of amides is 1. The summed E-state index contributed by atoms with van der Waals surface area (Å²) in [5, 5.41) is 21.3. The normalized spacial score (nSPS) is 13.7. The number of methoxy groups -OCH3 is 1. The average molecular weight is 420 g/mol. The number of nitrogens with one attached hydrogen (secondary N) is 1. The minimum absolute atomic E-state index is 0.0720. The molecule has 0 heterocycles. The van der Waals surface area contributed by atoms with Crippen molar-refractivity contribution in [1.29, 1.82) is 0 Å². The molecule has 2 aromatic carbocycles. The second kappa shape index (κ2) is 10.3. The summed E-state index contributed by atoms with van der Waals surface area (Å²) in [7, 11) is -0.523. The maximum absolute atomic E-state index is 13.2. The van der Waals surface area contributed by atoms with Gasteiger partial charge in [-0.3, -0.25) is 14.3 Å². The van der Waals surface area contributed by atoms with Crippen molar-refractivity contribution in [3.8, 4) is 0 Å². The van der Waals surface area contributed by atoms with Gasteiger partial charge in [0.2, 0.25) is 0 Å². The zero-order valence-corrected chi connectivity index (χ0v) is 16.3. The molecule has 3 atom stereocenters. The van der Waals surface area contributed by atoms with Crippen LogP contribution in [0.2, 0.25) is 0 Å². The Morgan fingerprint density at radius 1 is 1.17 bits per heavy atom. The third-order valence-electron chi connectivity index (χ3n) is 4.17. The molecule has 2 aromatic rings. The molecule has 0 spiro atoms. The summed E-state index contributed by atoms with van der Waals surface area (Å²) in [6, 6.07) is 13.2. The number of hydrogen-bond donors (Lipinski definition) is 2. The maximum Gasteiger partial charge on any atom is 0.405 e. The summed E-state index contributed by atoms with van der Waals surface area (Å²) < 4.78 is 17.8. The van der Waals surface area contributed by atoms with Crippen LogP contribution < -0.4 is 5.32 Å². The lowest BCUT2D eigenvalue weighted by molar-refractivity contribution is -0.384. The molecule has 9 nitrogen and oxygen atoms in total. The lowest BCUT2D eigenvalue weighted by Gasteiger charge is -2.22. The largest absolute Gasteiger partial charge is 0.467 e. The molecule has 0 aliphatic rings. The summed E-state index contributed by atoms with van der Waals surface area (Å²) in [6.45, 7) is 0. The fraction of sp³-hybridized carbons (Fsp3) is 0.263. The van der Waals surface area contributed by atoms with Crippen LogP contribution >= 0.6 is 0 Å². The highest BCUT2D eigenvalue weighted by Crippen LogP contribution is 2.22. The molecule has 0 radical (unpaired) electrons. The second-order valence-corrected chi connectivity index (χ2v) is 7.85. The van der Waals surface area contributed by atoms with Gasteiger partial charge in [0.25, 0.3) is 5.69 Å². The van der Waals surface area contributed by atoms with Crippen LogP contribution in [0.15, 0.2) is 59.5 Å². The molecule has 0 fully saturated rings. The predicted octanol–water partition coefficient (Wildman–Crippen LogP) is 2.51. The van der Waals surface area contributed by atoms with Gasteiger partial charge < -0.3 is 15.2 Å². The van der Waals surface area contributed by atoms with Crippen molar-refractivity contribution >= 4 is 28.5 Å². The van der Waals surface area contributed by atoms with E-state index in [1.165, 1.54) is 24.3 Å². The zero-order valence-electron chi connectivity index (χ0n) is 15.5. The Kier molecular flexibility index (Phi) is 7.84. The van der Waals surface area contributed by atoms with Gasteiger partial charge in [-0.05, 0) is 30.5 Å². The molecule has 10 heteroatoms. The molecule has 0 aliphatic carbocycles. The van der Waals surface area contributed by atoms with E-state index >= 15 is 0 Å². The molecule has 29 heavy (non-hydrogen) atoms. The molecule has 0 bridgehead atoms. The number of non-ortho nitro benzene ring substituents is 1. The van der Waals surface area contributed by atoms with Crippen LogP contribution in [0.1, 0.15) is 12.0 Å². The van der Waals surface area contributed by atoms with Crippen LogP contribution in [0.25, 0.3) is 0 Å². The fourth-order valence-electron chi connectivity index (χ4n) is 2.79. The first kappa shape index (κ1) is 22.0. The third kappa shape index (κ3) is 6.39. The van der Waals surface area contributed by atoms with E-state index in [9.17, 15) is 23.9 Å². The summed E-state index contributed by atoms with van der Waals surface area (Å²) in [4.78, 5) is 33.7. The number of benzene rings is 2. The van der Waals surface area contributed by atoms with Gasteiger partial charge in [0.05, 0.1) is 22.8 Å². The van der Waals surface area contributed by atoms with Gasteiger partial charge in [0.15, 0.2) is 0 Å². The highest BCUT2D eigenvalue weighted by molar-refractivity contribution is 7.85. The highest BCUT2D eigenvalue weighted by Gasteiger charge is 2.29. The van der Waals surface area contributed by atoms with E-state index in [-0.39, 0.29) is 12.1 Å². The van der Waals surface area contributed by atoms with E-state index < -0.39 is 39.1 Å². The zero-order chi connectivity index (χ0) is 21.4. The number of nitro groups is 1. The number of carboxylic acid groups (broad SMARTS) is 1. The van der Waals surface area contributed by atoms with E-state index in [1.807, 2.05) is 30.3 Å². The number of esters is 1. The van der Waals surface area contributed by atoms with Crippen molar-refractivity contribution in [3.63, 3.8) is 0 Å². The van der Waals surface area contributed by atoms with Crippen molar-refractivity contribution in [2.24, 2.45) is 0 Å². The Morgan fingerprint density at radius 3 is 2.31 bits per heavy atom. The molecular formula is C19H20N2O7S. The number of nitro benzene ring substituents is 1. The smallest absolute Gasteiger partial charge is 0.405 e. The van der Waals surface area contributed by atoms with Gasteiger partial charge in [0, 0.05) is 22.3 Å². The quantitative estimate of drug-likeness (QED) is 0.361. The number of rotatable bonds is 9. The number of ether oxygens (including phenoxy) is 1. The molecule has 0 aromatic heterocycles. The van der Waals surface area contributed by atoms with Crippen molar-refractivity contribution in [2.75, 3.05) is 7.11 Å². The molecular weight excluding hydrogens is 400 g/mol. The molecule has 0 saturated carbocycles. The van der Waals surface area contributed by atoms with E-state index in [4.69, 9.17) is 5.11 Å². The Bertz CT molecular complexity index is 887. The Morgan fingerprint density at radius 2 is 1.79 bits per heavy atom. The SMILES string of the molecule is COC(=O)C(C[C@@H](Cc1ccccc1)S(=O)c1ccc([N+](=O)[O-])cc1)NC(=O)O. The van der Waals surface area contributed by atoms with E-state index in [1.54, 1.807) is 0 Å². The van der Waals surface area contributed by atoms with Crippen LogP contribution in [-0.2, 0) is 26.8 Å². The van der Waals surface area contributed by atoms with Gasteiger partial charge in [0.1, 0.15) is 6.04 Å². The minimum Gasteiger partial charge on any atom is -0.467 e. The monoisotopic (exact) mass is 420 g/mol. The molecule has 2 N–H and O–H groups in total. The van der Waals surface area contributed by atoms with Gasteiger partial charge >= 0.3 is 12.1 Å². The standard InChI is InChI=1S/C19H20N2O7S/c1-28-18(22)17(20-19(23)24)12-16(11-13-5-3-2-4-6-13)29(27)15-9-7-14(8-10-15)21(25)26/h2-10,16-17,20H,11-12H2,1H3,(H,23,24)/t16-,17?,29?/m1/s1. The van der Waals surface area contributed by atoms with Gasteiger partial charge in [-0.15, -0.1) is 0 Å². The second-order valence-electron chi connectivity index (χ2n) is 6.12. The molecule has 154 valence electrons. The maximum atomic E-state index is 13.2. The Labute approximate surface area is 169 Å². The van der Waals surface area contributed by atoms with Crippen LogP contribution in [0, 0.1) is 10.1 Å². The topological polar surface area (TPSA) is 136 Å².